The van der Waals surface area contributed by atoms with E-state index in [0.717, 1.165) is 24.2 Å². The quantitative estimate of drug-likeness (QED) is 0.806. The number of halogens is 1. The monoisotopic (exact) mass is 219 g/mol. The molecule has 3 unspecified atom stereocenters. The van der Waals surface area contributed by atoms with E-state index in [-0.39, 0.29) is 5.82 Å². The smallest absolute Gasteiger partial charge is 0.123 e. The topological polar surface area (TPSA) is 12.0 Å². The summed E-state index contributed by atoms with van der Waals surface area (Å²) in [5.41, 5.74) is 1.29. The Bertz CT molecular complexity index is 360. The van der Waals surface area contributed by atoms with Crippen LogP contribution in [0.3, 0.4) is 0 Å². The van der Waals surface area contributed by atoms with E-state index < -0.39 is 0 Å². The van der Waals surface area contributed by atoms with Gasteiger partial charge in [-0.15, -0.1) is 0 Å². The first-order chi connectivity index (χ1) is 7.83. The lowest BCUT2D eigenvalue weighted by Crippen LogP contribution is -2.17. The van der Waals surface area contributed by atoms with Crippen molar-refractivity contribution in [2.75, 3.05) is 13.1 Å². The molecule has 0 amide bonds. The Hall–Kier alpha value is -0.890. The SMILES string of the molecule is Fc1ccc(CC2CCC3CNCC32)cc1. The minimum atomic E-state index is -0.129. The van der Waals surface area contributed by atoms with Crippen LogP contribution in [0.25, 0.3) is 0 Å². The van der Waals surface area contributed by atoms with E-state index in [9.17, 15) is 4.39 Å². The van der Waals surface area contributed by atoms with Crippen LogP contribution in [-0.2, 0) is 6.42 Å². The van der Waals surface area contributed by atoms with Crippen molar-refractivity contribution in [3.8, 4) is 0 Å². The summed E-state index contributed by atoms with van der Waals surface area (Å²) in [5, 5.41) is 3.49. The summed E-state index contributed by atoms with van der Waals surface area (Å²) >= 11 is 0. The average molecular weight is 219 g/mol. The molecule has 2 heteroatoms. The fraction of sp³-hybridized carbons (Fsp3) is 0.571. The number of benzene rings is 1. The zero-order valence-corrected chi connectivity index (χ0v) is 9.45. The highest BCUT2D eigenvalue weighted by molar-refractivity contribution is 5.17. The molecule has 3 atom stereocenters. The Balaban J connectivity index is 1.68. The first-order valence-corrected chi connectivity index (χ1v) is 6.28. The van der Waals surface area contributed by atoms with Crippen LogP contribution in [0.15, 0.2) is 24.3 Å². The molecule has 1 saturated carbocycles. The van der Waals surface area contributed by atoms with Gasteiger partial charge in [0.15, 0.2) is 0 Å². The van der Waals surface area contributed by atoms with E-state index >= 15 is 0 Å². The summed E-state index contributed by atoms with van der Waals surface area (Å²) in [6, 6.07) is 7.03. The van der Waals surface area contributed by atoms with E-state index in [4.69, 9.17) is 0 Å². The van der Waals surface area contributed by atoms with Crippen LogP contribution in [0.4, 0.5) is 4.39 Å². The summed E-state index contributed by atoms with van der Waals surface area (Å²) in [7, 11) is 0. The van der Waals surface area contributed by atoms with E-state index in [2.05, 4.69) is 5.32 Å². The molecular formula is C14H18FN. The van der Waals surface area contributed by atoms with Gasteiger partial charge >= 0.3 is 0 Å². The molecule has 1 aliphatic carbocycles. The predicted molar refractivity (Wildman–Crippen MR) is 62.7 cm³/mol. The maximum Gasteiger partial charge on any atom is 0.123 e. The summed E-state index contributed by atoms with van der Waals surface area (Å²) in [6.07, 6.45) is 3.86. The second kappa shape index (κ2) is 4.17. The number of fused-ring (bicyclic) bond motifs is 1. The van der Waals surface area contributed by atoms with Crippen LogP contribution >= 0.6 is 0 Å². The molecule has 1 aromatic carbocycles. The highest BCUT2D eigenvalue weighted by Gasteiger charge is 2.38. The van der Waals surface area contributed by atoms with E-state index in [1.165, 1.54) is 31.5 Å². The molecule has 2 aliphatic rings. The van der Waals surface area contributed by atoms with Crippen molar-refractivity contribution in [1.82, 2.24) is 5.32 Å². The van der Waals surface area contributed by atoms with E-state index in [0.29, 0.717) is 0 Å². The third-order valence-electron chi connectivity index (χ3n) is 4.32. The molecule has 1 aromatic rings. The molecule has 1 aliphatic heterocycles. The van der Waals surface area contributed by atoms with Crippen molar-refractivity contribution in [1.29, 1.82) is 0 Å². The second-order valence-corrected chi connectivity index (χ2v) is 5.25. The summed E-state index contributed by atoms with van der Waals surface area (Å²) in [5.74, 6) is 2.46. The Morgan fingerprint density at radius 2 is 1.94 bits per heavy atom. The number of hydrogen-bond donors (Lipinski definition) is 1. The molecule has 1 nitrogen and oxygen atoms in total. The molecule has 16 heavy (non-hydrogen) atoms. The summed E-state index contributed by atoms with van der Waals surface area (Å²) in [6.45, 7) is 2.40. The molecule has 0 spiro atoms. The normalized spacial score (nSPS) is 32.9. The minimum absolute atomic E-state index is 0.129. The van der Waals surface area contributed by atoms with E-state index in [1.807, 2.05) is 12.1 Å². The van der Waals surface area contributed by atoms with Crippen molar-refractivity contribution in [3.05, 3.63) is 35.6 Å². The predicted octanol–water partition coefficient (Wildman–Crippen LogP) is 2.61. The molecule has 86 valence electrons. The maximum absolute atomic E-state index is 12.8. The third-order valence-corrected chi connectivity index (χ3v) is 4.32. The molecule has 0 radical (unpaired) electrons. The first-order valence-electron chi connectivity index (χ1n) is 6.28. The Morgan fingerprint density at radius 1 is 1.12 bits per heavy atom. The largest absolute Gasteiger partial charge is 0.316 e. The van der Waals surface area contributed by atoms with Crippen molar-refractivity contribution < 1.29 is 4.39 Å². The lowest BCUT2D eigenvalue weighted by molar-refractivity contribution is 0.374. The van der Waals surface area contributed by atoms with Crippen molar-refractivity contribution >= 4 is 0 Å². The van der Waals surface area contributed by atoms with Gasteiger partial charge < -0.3 is 5.32 Å². The van der Waals surface area contributed by atoms with Gasteiger partial charge in [-0.2, -0.15) is 0 Å². The molecular weight excluding hydrogens is 201 g/mol. The van der Waals surface area contributed by atoms with Gasteiger partial charge in [0, 0.05) is 0 Å². The van der Waals surface area contributed by atoms with Crippen LogP contribution in [-0.4, -0.2) is 13.1 Å². The Morgan fingerprint density at radius 3 is 2.75 bits per heavy atom. The lowest BCUT2D eigenvalue weighted by Gasteiger charge is -2.17. The molecule has 2 fully saturated rings. The Labute approximate surface area is 96.1 Å². The molecule has 0 aromatic heterocycles. The van der Waals surface area contributed by atoms with Gasteiger partial charge in [0.05, 0.1) is 0 Å². The minimum Gasteiger partial charge on any atom is -0.316 e. The lowest BCUT2D eigenvalue weighted by atomic mass is 9.87. The van der Waals surface area contributed by atoms with Gasteiger partial charge in [0.25, 0.3) is 0 Å². The van der Waals surface area contributed by atoms with Crippen molar-refractivity contribution in [2.24, 2.45) is 17.8 Å². The molecule has 1 N–H and O–H groups in total. The van der Waals surface area contributed by atoms with Gasteiger partial charge in [-0.3, -0.25) is 0 Å². The zero-order valence-electron chi connectivity index (χ0n) is 9.45. The number of rotatable bonds is 2. The van der Waals surface area contributed by atoms with Gasteiger partial charge in [0.1, 0.15) is 5.82 Å². The maximum atomic E-state index is 12.8. The highest BCUT2D eigenvalue weighted by Crippen LogP contribution is 2.40. The van der Waals surface area contributed by atoms with E-state index in [1.54, 1.807) is 12.1 Å². The van der Waals surface area contributed by atoms with Gasteiger partial charge in [0.2, 0.25) is 0 Å². The average Bonchev–Trinajstić information content (AvgIpc) is 2.86. The summed E-state index contributed by atoms with van der Waals surface area (Å²) in [4.78, 5) is 0. The number of hydrogen-bond acceptors (Lipinski definition) is 1. The molecule has 1 heterocycles. The fourth-order valence-corrected chi connectivity index (χ4v) is 3.44. The fourth-order valence-electron chi connectivity index (χ4n) is 3.44. The van der Waals surface area contributed by atoms with Crippen LogP contribution in [0, 0.1) is 23.6 Å². The zero-order chi connectivity index (χ0) is 11.0. The van der Waals surface area contributed by atoms with Crippen molar-refractivity contribution in [2.45, 2.75) is 19.3 Å². The van der Waals surface area contributed by atoms with Crippen molar-refractivity contribution in [3.63, 3.8) is 0 Å². The second-order valence-electron chi connectivity index (χ2n) is 5.25. The third kappa shape index (κ3) is 1.86. The Kier molecular flexibility index (Phi) is 2.68. The molecule has 0 bridgehead atoms. The first kappa shape index (κ1) is 10.3. The van der Waals surface area contributed by atoms with Crippen LogP contribution in [0.2, 0.25) is 0 Å². The summed E-state index contributed by atoms with van der Waals surface area (Å²) < 4.78 is 12.8. The van der Waals surface area contributed by atoms with Gasteiger partial charge in [-0.05, 0) is 67.8 Å². The van der Waals surface area contributed by atoms with Crippen LogP contribution in [0.1, 0.15) is 18.4 Å². The highest BCUT2D eigenvalue weighted by atomic mass is 19.1. The molecule has 1 saturated heterocycles. The standard InChI is InChI=1S/C14H18FN/c15-13-5-1-10(2-6-13)7-11-3-4-12-8-16-9-14(11)12/h1-2,5-6,11-12,14,16H,3-4,7-9H2. The molecule has 3 rings (SSSR count). The number of nitrogens with one attached hydrogen (secondary N) is 1. The van der Waals surface area contributed by atoms with Gasteiger partial charge in [-0.25, -0.2) is 4.39 Å². The van der Waals surface area contributed by atoms with Gasteiger partial charge in [-0.1, -0.05) is 12.1 Å². The van der Waals surface area contributed by atoms with Crippen LogP contribution in [0.5, 0.6) is 0 Å². The van der Waals surface area contributed by atoms with Crippen LogP contribution < -0.4 is 5.32 Å².